The van der Waals surface area contributed by atoms with Crippen molar-refractivity contribution in [2.75, 3.05) is 31.1 Å². The van der Waals surface area contributed by atoms with Crippen LogP contribution in [0.3, 0.4) is 0 Å². The van der Waals surface area contributed by atoms with E-state index in [9.17, 15) is 9.18 Å². The highest BCUT2D eigenvalue weighted by Crippen LogP contribution is 2.43. The molecule has 5 heteroatoms. The molecule has 0 spiro atoms. The van der Waals surface area contributed by atoms with Crippen LogP contribution >= 0.6 is 0 Å². The van der Waals surface area contributed by atoms with Crippen LogP contribution in [0.4, 0.5) is 14.9 Å². The number of rotatable bonds is 2. The minimum atomic E-state index is -0.211. The van der Waals surface area contributed by atoms with E-state index in [1.807, 2.05) is 24.0 Å². The Morgan fingerprint density at radius 3 is 2.61 bits per heavy atom. The first kappa shape index (κ1) is 16.1. The summed E-state index contributed by atoms with van der Waals surface area (Å²) in [5, 5.41) is 2.92. The molecule has 1 N–H and O–H groups in total. The molecule has 2 atom stereocenters. The van der Waals surface area contributed by atoms with Crippen molar-refractivity contribution < 1.29 is 9.18 Å². The fourth-order valence-electron chi connectivity index (χ4n) is 4.18. The Morgan fingerprint density at radius 2 is 1.96 bits per heavy atom. The summed E-state index contributed by atoms with van der Waals surface area (Å²) >= 11 is 0. The third-order valence-corrected chi connectivity index (χ3v) is 5.19. The molecule has 4 nitrogen and oxygen atoms in total. The normalized spacial score (nSPS) is 26.1. The fraction of sp³-hybridized carbons (Fsp3) is 0.611. The van der Waals surface area contributed by atoms with E-state index < -0.39 is 0 Å². The van der Waals surface area contributed by atoms with E-state index in [4.69, 9.17) is 0 Å². The van der Waals surface area contributed by atoms with Crippen LogP contribution in [0.25, 0.3) is 0 Å². The number of fused-ring (bicyclic) bond motifs is 4. The van der Waals surface area contributed by atoms with Gasteiger partial charge in [0.1, 0.15) is 5.82 Å². The van der Waals surface area contributed by atoms with E-state index in [1.165, 1.54) is 12.1 Å². The zero-order valence-corrected chi connectivity index (χ0v) is 14.2. The molecule has 23 heavy (non-hydrogen) atoms. The third kappa shape index (κ3) is 3.14. The van der Waals surface area contributed by atoms with Crippen LogP contribution < -0.4 is 10.2 Å². The molecule has 0 aromatic heterocycles. The average molecular weight is 319 g/mol. The lowest BCUT2D eigenvalue weighted by Gasteiger charge is -2.48. The van der Waals surface area contributed by atoms with E-state index in [-0.39, 0.29) is 23.3 Å². The molecule has 1 aromatic carbocycles. The number of nitrogens with one attached hydrogen (secondary N) is 1. The number of amides is 2. The van der Waals surface area contributed by atoms with Crippen LogP contribution in [-0.2, 0) is 0 Å². The number of nitrogens with zero attached hydrogens (tertiary/aromatic N) is 2. The maximum Gasteiger partial charge on any atom is 0.317 e. The molecule has 3 aliphatic heterocycles. The van der Waals surface area contributed by atoms with Crippen molar-refractivity contribution >= 4 is 11.7 Å². The van der Waals surface area contributed by atoms with Crippen molar-refractivity contribution in [3.63, 3.8) is 0 Å². The van der Waals surface area contributed by atoms with Gasteiger partial charge < -0.3 is 15.1 Å². The Morgan fingerprint density at radius 1 is 1.26 bits per heavy atom. The molecule has 1 aromatic rings. The quantitative estimate of drug-likeness (QED) is 0.909. The van der Waals surface area contributed by atoms with Gasteiger partial charge in [0, 0.05) is 31.9 Å². The molecule has 2 amide bonds. The Kier molecular flexibility index (Phi) is 4.21. The summed E-state index contributed by atoms with van der Waals surface area (Å²) in [5.41, 5.74) is 1.17. The molecule has 126 valence electrons. The van der Waals surface area contributed by atoms with E-state index in [0.717, 1.165) is 25.2 Å². The van der Waals surface area contributed by atoms with Gasteiger partial charge in [-0.1, -0.05) is 13.8 Å². The topological polar surface area (TPSA) is 35.6 Å². The van der Waals surface area contributed by atoms with E-state index >= 15 is 0 Å². The van der Waals surface area contributed by atoms with Gasteiger partial charge in [0.2, 0.25) is 0 Å². The van der Waals surface area contributed by atoms with E-state index in [1.54, 1.807) is 0 Å². The largest absolute Gasteiger partial charge is 0.366 e. The molecule has 3 saturated heterocycles. The lowest BCUT2D eigenvalue weighted by Crippen LogP contribution is -2.54. The van der Waals surface area contributed by atoms with Crippen LogP contribution in [0, 0.1) is 17.2 Å². The molecule has 2 bridgehead atoms. The van der Waals surface area contributed by atoms with Crippen molar-refractivity contribution in [1.29, 1.82) is 0 Å². The molecule has 0 aliphatic carbocycles. The number of carbonyl (C=O) groups excluding carboxylic acids is 1. The van der Waals surface area contributed by atoms with Crippen LogP contribution in [-0.4, -0.2) is 43.2 Å². The summed E-state index contributed by atoms with van der Waals surface area (Å²) in [6.45, 7) is 9.59. The maximum atomic E-state index is 13.2. The first-order valence-electron chi connectivity index (χ1n) is 8.45. The number of hydrogen-bond acceptors (Lipinski definition) is 2. The van der Waals surface area contributed by atoms with Crippen LogP contribution in [0.5, 0.6) is 0 Å². The molecule has 4 rings (SSSR count). The fourth-order valence-corrected chi connectivity index (χ4v) is 4.18. The number of anilines is 1. The lowest BCUT2D eigenvalue weighted by atomic mass is 9.73. The van der Waals surface area contributed by atoms with Gasteiger partial charge in [0.25, 0.3) is 0 Å². The first-order chi connectivity index (χ1) is 10.9. The SMILES string of the molecule is CCNC(=O)N1CC2N(c3ccc(F)cc3)C[C@@H](C1)CC2(C)C. The number of benzene rings is 1. The van der Waals surface area contributed by atoms with Gasteiger partial charge in [-0.25, -0.2) is 9.18 Å². The predicted molar refractivity (Wildman–Crippen MR) is 90.1 cm³/mol. The summed E-state index contributed by atoms with van der Waals surface area (Å²) in [7, 11) is 0. The van der Waals surface area contributed by atoms with E-state index in [2.05, 4.69) is 24.1 Å². The highest BCUT2D eigenvalue weighted by atomic mass is 19.1. The molecular formula is C18H26FN3O. The highest BCUT2D eigenvalue weighted by Gasteiger charge is 2.46. The van der Waals surface area contributed by atoms with Gasteiger partial charge in [-0.3, -0.25) is 0 Å². The summed E-state index contributed by atoms with van der Waals surface area (Å²) in [6.07, 6.45) is 1.12. The molecule has 3 aliphatic rings. The van der Waals surface area contributed by atoms with Crippen molar-refractivity contribution in [3.05, 3.63) is 30.1 Å². The molecule has 0 radical (unpaired) electrons. The second-order valence-electron chi connectivity index (χ2n) is 7.44. The predicted octanol–water partition coefficient (Wildman–Crippen LogP) is 3.09. The zero-order chi connectivity index (χ0) is 16.6. The van der Waals surface area contributed by atoms with Gasteiger partial charge in [0.15, 0.2) is 0 Å². The van der Waals surface area contributed by atoms with Gasteiger partial charge in [-0.15, -0.1) is 0 Å². The summed E-state index contributed by atoms with van der Waals surface area (Å²) in [4.78, 5) is 16.6. The van der Waals surface area contributed by atoms with Gasteiger partial charge in [-0.2, -0.15) is 0 Å². The molecule has 3 fully saturated rings. The van der Waals surface area contributed by atoms with Crippen LogP contribution in [0.15, 0.2) is 24.3 Å². The lowest BCUT2D eigenvalue weighted by molar-refractivity contribution is 0.187. The number of piperidine rings is 1. The smallest absolute Gasteiger partial charge is 0.317 e. The van der Waals surface area contributed by atoms with Gasteiger partial charge in [0.05, 0.1) is 6.04 Å². The van der Waals surface area contributed by atoms with Gasteiger partial charge >= 0.3 is 6.03 Å². The minimum Gasteiger partial charge on any atom is -0.366 e. The number of carbonyl (C=O) groups is 1. The average Bonchev–Trinajstić information content (AvgIpc) is 2.75. The first-order valence-corrected chi connectivity index (χ1v) is 8.45. The van der Waals surface area contributed by atoms with E-state index in [0.29, 0.717) is 19.0 Å². The molecule has 0 saturated carbocycles. The highest BCUT2D eigenvalue weighted by molar-refractivity contribution is 5.74. The molecule has 1 unspecified atom stereocenters. The van der Waals surface area contributed by atoms with Crippen molar-refractivity contribution in [1.82, 2.24) is 10.2 Å². The number of hydrogen-bond donors (Lipinski definition) is 1. The Balaban J connectivity index is 1.89. The summed E-state index contributed by atoms with van der Waals surface area (Å²) < 4.78 is 13.2. The van der Waals surface area contributed by atoms with Crippen LogP contribution in [0.2, 0.25) is 0 Å². The third-order valence-electron chi connectivity index (χ3n) is 5.19. The van der Waals surface area contributed by atoms with Crippen molar-refractivity contribution in [2.45, 2.75) is 33.2 Å². The summed E-state index contributed by atoms with van der Waals surface area (Å²) in [6, 6.07) is 7.01. The Labute approximate surface area is 137 Å². The van der Waals surface area contributed by atoms with Crippen molar-refractivity contribution in [2.24, 2.45) is 11.3 Å². The van der Waals surface area contributed by atoms with Crippen molar-refractivity contribution in [3.8, 4) is 0 Å². The number of halogens is 1. The Bertz CT molecular complexity index is 572. The Hall–Kier alpha value is -1.78. The maximum absolute atomic E-state index is 13.2. The standard InChI is InChI=1S/C18H26FN3O/c1-4-20-17(23)21-10-13-9-18(2,3)16(12-21)22(11-13)15-7-5-14(19)6-8-15/h5-8,13,16H,4,9-12H2,1-3H3,(H,20,23)/t13-,16?/m1/s1. The van der Waals surface area contributed by atoms with Crippen LogP contribution in [0.1, 0.15) is 27.2 Å². The zero-order valence-electron chi connectivity index (χ0n) is 14.2. The molecule has 3 heterocycles. The number of urea groups is 1. The van der Waals surface area contributed by atoms with Gasteiger partial charge in [-0.05, 0) is 48.9 Å². The monoisotopic (exact) mass is 319 g/mol. The minimum absolute atomic E-state index is 0.0288. The molecular weight excluding hydrogens is 293 g/mol. The second kappa shape index (κ2) is 6.02. The second-order valence-corrected chi connectivity index (χ2v) is 7.44. The summed E-state index contributed by atoms with van der Waals surface area (Å²) in [5.74, 6) is 0.230.